The standard InChI is InChI=1S/C6H11.C3H7.CH4.W.H2/c1-3-5-6-4-2;1-3-2;;;/h3H,1-2,4-6H2;1,3H2,2H3;1H4;;1H/q2*-1;;+2;/i3D;;;;1+2. The third kappa shape index (κ3) is 63.0. The topological polar surface area (TPSA) is 0 Å². The molecule has 0 aliphatic heterocycles. The van der Waals surface area contributed by atoms with E-state index < -0.39 is 0 Å². The van der Waals surface area contributed by atoms with E-state index in [9.17, 15) is 0 Å². The Labute approximate surface area is 90.6 Å². The van der Waals surface area contributed by atoms with Crippen molar-refractivity contribution >= 4 is 0 Å². The maximum absolute atomic E-state index is 6.86. The van der Waals surface area contributed by atoms with Crippen LogP contribution in [0.1, 0.15) is 42.8 Å². The van der Waals surface area contributed by atoms with Crippen molar-refractivity contribution in [2.45, 2.75) is 40.0 Å². The van der Waals surface area contributed by atoms with Gasteiger partial charge in [-0.05, 0) is 6.42 Å². The second-order valence-electron chi connectivity index (χ2n) is 1.71. The van der Waals surface area contributed by atoms with Crippen LogP contribution in [0.25, 0.3) is 0 Å². The number of allylic oxidation sites excluding steroid dienone is 1. The predicted octanol–water partition coefficient (Wildman–Crippen LogP) is 4.29. The van der Waals surface area contributed by atoms with Crippen LogP contribution in [0.15, 0.2) is 12.6 Å². The van der Waals surface area contributed by atoms with E-state index in [2.05, 4.69) is 20.4 Å². The van der Waals surface area contributed by atoms with Crippen LogP contribution < -0.4 is 0 Å². The smallest absolute Gasteiger partial charge is 0.344 e. The fourth-order valence-electron chi connectivity index (χ4n) is 0.250. The van der Waals surface area contributed by atoms with Gasteiger partial charge in [0.05, 0.1) is 1.37 Å². The van der Waals surface area contributed by atoms with Crippen LogP contribution >= 0.6 is 0 Å². The summed E-state index contributed by atoms with van der Waals surface area (Å²) in [6, 6.07) is 0.517. The van der Waals surface area contributed by atoms with Crippen LogP contribution in [0, 0.1) is 13.8 Å². The van der Waals surface area contributed by atoms with Crippen LogP contribution in [0.3, 0.4) is 0 Å². The van der Waals surface area contributed by atoms with Crippen molar-refractivity contribution in [3.63, 3.8) is 0 Å². The molecule has 0 aromatic heterocycles. The molecule has 0 N–H and O–H groups in total. The van der Waals surface area contributed by atoms with E-state index in [1.165, 1.54) is 0 Å². The molecule has 0 unspecified atom stereocenters. The number of hydrogen-bond acceptors (Lipinski definition) is 0. The maximum Gasteiger partial charge on any atom is 2.00 e. The van der Waals surface area contributed by atoms with E-state index in [-0.39, 0.29) is 29.9 Å². The number of unbranched alkanes of at least 4 members (excludes halogenated alkanes) is 1. The summed E-state index contributed by atoms with van der Waals surface area (Å²) in [5, 5.41) is 0. The fraction of sp³-hybridized carbons (Fsp3) is 0.600. The molecule has 0 rings (SSSR count). The molecular formula is C10H24W. The largest absolute Gasteiger partial charge is 2.00 e. The van der Waals surface area contributed by atoms with Gasteiger partial charge in [0.25, 0.3) is 0 Å². The molecule has 0 amide bonds. The molecule has 70 valence electrons. The molecule has 0 fully saturated rings. The Bertz CT molecular complexity index is 75.3. The molecule has 0 aliphatic rings. The van der Waals surface area contributed by atoms with E-state index in [0.29, 0.717) is 6.05 Å². The second kappa shape index (κ2) is 31.5. The van der Waals surface area contributed by atoms with E-state index in [4.69, 9.17) is 1.37 Å². The number of hydrogen-bond donors (Lipinski definition) is 0. The van der Waals surface area contributed by atoms with E-state index in [0.717, 1.165) is 25.7 Å². The number of rotatable bonds is 3. The molecule has 0 bridgehead atoms. The Morgan fingerprint density at radius 1 is 1.64 bits per heavy atom. The van der Waals surface area contributed by atoms with E-state index in [1.807, 2.05) is 6.92 Å². The molecule has 0 aliphatic carbocycles. The fourth-order valence-corrected chi connectivity index (χ4v) is 0.250. The summed E-state index contributed by atoms with van der Waals surface area (Å²) in [6.07, 6.45) is 3.73. The van der Waals surface area contributed by atoms with Crippen LogP contribution in [-0.2, 0) is 21.1 Å². The first-order chi connectivity index (χ1) is 4.68. The predicted molar refractivity (Wildman–Crippen MR) is 53.9 cm³/mol. The summed E-state index contributed by atoms with van der Waals surface area (Å²) in [5.74, 6) is 0. The monoisotopic (exact) mass is 331 g/mol. The Hall–Kier alpha value is 0.428. The van der Waals surface area contributed by atoms with Crippen molar-refractivity contribution in [3.8, 4) is 0 Å². The quantitative estimate of drug-likeness (QED) is 0.535. The van der Waals surface area contributed by atoms with Gasteiger partial charge >= 0.3 is 21.1 Å². The minimum absolute atomic E-state index is 0. The molecule has 0 nitrogen and oxygen atoms in total. The van der Waals surface area contributed by atoms with Gasteiger partial charge in [0.15, 0.2) is 0 Å². The zero-order valence-electron chi connectivity index (χ0n) is 7.86. The summed E-state index contributed by atoms with van der Waals surface area (Å²) in [5.41, 5.74) is 0. The van der Waals surface area contributed by atoms with Crippen molar-refractivity contribution in [1.29, 1.82) is 0 Å². The van der Waals surface area contributed by atoms with Gasteiger partial charge < -0.3 is 13.8 Å². The zero-order valence-corrected chi connectivity index (χ0v) is 9.79. The van der Waals surface area contributed by atoms with Crippen molar-refractivity contribution in [1.82, 2.24) is 0 Å². The Morgan fingerprint density at radius 2 is 2.00 bits per heavy atom. The van der Waals surface area contributed by atoms with Crippen molar-refractivity contribution in [2.75, 3.05) is 0 Å². The summed E-state index contributed by atoms with van der Waals surface area (Å²) in [4.78, 5) is 0. The molecule has 0 atom stereocenters. The molecule has 0 spiro atoms. The van der Waals surface area contributed by atoms with Gasteiger partial charge in [0.1, 0.15) is 0 Å². The van der Waals surface area contributed by atoms with E-state index in [1.54, 1.807) is 0 Å². The maximum atomic E-state index is 6.86. The van der Waals surface area contributed by atoms with Gasteiger partial charge in [0, 0.05) is 1.43 Å². The summed E-state index contributed by atoms with van der Waals surface area (Å²) in [6.45, 7) is 12.6. The van der Waals surface area contributed by atoms with Gasteiger partial charge in [0.2, 0.25) is 0 Å². The van der Waals surface area contributed by atoms with Crippen LogP contribution in [0.2, 0.25) is 0 Å². The van der Waals surface area contributed by atoms with Gasteiger partial charge in [-0.15, -0.1) is 6.58 Å². The molecule has 0 heterocycles. The molecule has 11 heavy (non-hydrogen) atoms. The summed E-state index contributed by atoms with van der Waals surface area (Å²) >= 11 is 0. The van der Waals surface area contributed by atoms with Gasteiger partial charge in [-0.2, -0.15) is 12.8 Å². The normalized spacial score (nSPS) is 7.36. The average molecular weight is 331 g/mol. The van der Waals surface area contributed by atoms with Gasteiger partial charge in [-0.3, -0.25) is 0 Å². The molecule has 0 saturated heterocycles. The van der Waals surface area contributed by atoms with Crippen LogP contribution in [0.5, 0.6) is 0 Å². The van der Waals surface area contributed by atoms with Gasteiger partial charge in [-0.1, -0.05) is 26.8 Å². The van der Waals surface area contributed by atoms with Crippen molar-refractivity contribution in [3.05, 3.63) is 26.5 Å². The molecule has 0 radical (unpaired) electrons. The minimum Gasteiger partial charge on any atom is -0.344 e. The molecular weight excluding hydrogens is 304 g/mol. The van der Waals surface area contributed by atoms with Crippen molar-refractivity contribution < 1.29 is 23.9 Å². The molecule has 0 aromatic rings. The first-order valence-electron chi connectivity index (χ1n) is 3.91. The summed E-state index contributed by atoms with van der Waals surface area (Å²) < 4.78 is 6.86. The summed E-state index contributed by atoms with van der Waals surface area (Å²) in [7, 11) is 0. The van der Waals surface area contributed by atoms with Crippen LogP contribution in [0.4, 0.5) is 0 Å². The Kier molecular flexibility index (Phi) is 50.0. The Balaban J connectivity index is -0.0000000320. The minimum atomic E-state index is 0. The van der Waals surface area contributed by atoms with Crippen molar-refractivity contribution in [2.24, 2.45) is 0 Å². The van der Waals surface area contributed by atoms with Crippen LogP contribution in [-0.4, -0.2) is 0 Å². The SMILES string of the molecule is C.[2H]C(=C)CCC[CH2-].[3HH].[CH2-]CC.[W+2]. The molecule has 1 heteroatoms. The molecule has 0 saturated carbocycles. The average Bonchev–Trinajstić information content (AvgIpc) is 1.85. The third-order valence-electron chi connectivity index (χ3n) is 0.604. The van der Waals surface area contributed by atoms with Gasteiger partial charge in [-0.25, -0.2) is 0 Å². The second-order valence-corrected chi connectivity index (χ2v) is 1.71. The first kappa shape index (κ1) is 17.5. The first-order valence-corrected chi connectivity index (χ1v) is 3.41. The zero-order chi connectivity index (χ0) is 8.41. The van der Waals surface area contributed by atoms with E-state index >= 15 is 0 Å². The Morgan fingerprint density at radius 3 is 2.09 bits per heavy atom. The molecule has 0 aromatic carbocycles. The third-order valence-corrected chi connectivity index (χ3v) is 0.604.